The zero-order valence-corrected chi connectivity index (χ0v) is 11.9. The normalized spacial score (nSPS) is 10.5. The summed E-state index contributed by atoms with van der Waals surface area (Å²) >= 11 is 11.7. The second-order valence-corrected chi connectivity index (χ2v) is 4.83. The monoisotopic (exact) mass is 297 g/mol. The number of hydrogen-bond acceptors (Lipinski definition) is 2. The van der Waals surface area contributed by atoms with Gasteiger partial charge < -0.3 is 5.32 Å². The van der Waals surface area contributed by atoms with E-state index in [1.54, 1.807) is 29.2 Å². The first-order valence-corrected chi connectivity index (χ1v) is 6.60. The van der Waals surface area contributed by atoms with Crippen LogP contribution in [0.4, 0.5) is 0 Å². The molecule has 1 N–H and O–H groups in total. The number of carbonyl (C=O) groups excluding carboxylic acids is 1. The number of nitrogens with zero attached hydrogens (tertiary/aromatic N) is 2. The molecule has 4 nitrogen and oxygen atoms in total. The van der Waals surface area contributed by atoms with Gasteiger partial charge in [-0.15, -0.1) is 0 Å². The zero-order chi connectivity index (χ0) is 13.8. The number of rotatable bonds is 4. The number of aryl methyl sites for hydroxylation is 1. The van der Waals surface area contributed by atoms with E-state index in [1.807, 2.05) is 13.0 Å². The quantitative estimate of drug-likeness (QED) is 0.942. The number of nitrogens with one attached hydrogen (secondary N) is 1. The van der Waals surface area contributed by atoms with E-state index in [9.17, 15) is 4.79 Å². The highest BCUT2D eigenvalue weighted by molar-refractivity contribution is 6.42. The van der Waals surface area contributed by atoms with Crippen LogP contribution in [-0.2, 0) is 13.1 Å². The Morgan fingerprint density at radius 2 is 2.16 bits per heavy atom. The van der Waals surface area contributed by atoms with E-state index < -0.39 is 0 Å². The van der Waals surface area contributed by atoms with Gasteiger partial charge >= 0.3 is 0 Å². The van der Waals surface area contributed by atoms with Crippen LogP contribution in [-0.4, -0.2) is 15.7 Å². The maximum absolute atomic E-state index is 11.9. The molecule has 1 aromatic carbocycles. The SMILES string of the molecule is CCn1cc(C(=O)NCc2ccc(Cl)c(Cl)c2)cn1. The third-order valence-corrected chi connectivity index (χ3v) is 3.40. The lowest BCUT2D eigenvalue weighted by Gasteiger charge is -2.05. The summed E-state index contributed by atoms with van der Waals surface area (Å²) in [6.45, 7) is 3.09. The Morgan fingerprint density at radius 3 is 2.79 bits per heavy atom. The number of amides is 1. The molecule has 0 unspecified atom stereocenters. The van der Waals surface area contributed by atoms with E-state index in [4.69, 9.17) is 23.2 Å². The maximum Gasteiger partial charge on any atom is 0.254 e. The molecule has 2 rings (SSSR count). The highest BCUT2D eigenvalue weighted by atomic mass is 35.5. The second kappa shape index (κ2) is 6.08. The third kappa shape index (κ3) is 3.49. The number of hydrogen-bond donors (Lipinski definition) is 1. The highest BCUT2D eigenvalue weighted by Gasteiger charge is 2.08. The van der Waals surface area contributed by atoms with Gasteiger partial charge in [0.1, 0.15) is 0 Å². The first-order chi connectivity index (χ1) is 9.10. The summed E-state index contributed by atoms with van der Waals surface area (Å²) in [6.07, 6.45) is 3.26. The van der Waals surface area contributed by atoms with Crippen LogP contribution < -0.4 is 5.32 Å². The van der Waals surface area contributed by atoms with Gasteiger partial charge in [0.05, 0.1) is 21.8 Å². The van der Waals surface area contributed by atoms with Gasteiger partial charge in [0.2, 0.25) is 0 Å². The smallest absolute Gasteiger partial charge is 0.254 e. The van der Waals surface area contributed by atoms with Gasteiger partial charge in [-0.3, -0.25) is 9.48 Å². The van der Waals surface area contributed by atoms with E-state index in [0.717, 1.165) is 12.1 Å². The highest BCUT2D eigenvalue weighted by Crippen LogP contribution is 2.22. The molecule has 0 spiro atoms. The molecule has 0 aliphatic carbocycles. The molecule has 0 fully saturated rings. The molecular formula is C13H13Cl2N3O. The summed E-state index contributed by atoms with van der Waals surface area (Å²) < 4.78 is 1.70. The molecule has 6 heteroatoms. The molecule has 1 aromatic heterocycles. The molecule has 2 aromatic rings. The molecule has 0 aliphatic heterocycles. The molecule has 0 atom stereocenters. The van der Waals surface area contributed by atoms with E-state index in [1.165, 1.54) is 0 Å². The van der Waals surface area contributed by atoms with Gasteiger partial charge in [0.25, 0.3) is 5.91 Å². The lowest BCUT2D eigenvalue weighted by atomic mass is 10.2. The summed E-state index contributed by atoms with van der Waals surface area (Å²) in [6, 6.07) is 5.27. The van der Waals surface area contributed by atoms with E-state index in [2.05, 4.69) is 10.4 Å². The number of carbonyl (C=O) groups is 1. The minimum absolute atomic E-state index is 0.161. The van der Waals surface area contributed by atoms with Crippen LogP contribution in [0.5, 0.6) is 0 Å². The second-order valence-electron chi connectivity index (χ2n) is 4.02. The zero-order valence-electron chi connectivity index (χ0n) is 10.4. The number of benzene rings is 1. The predicted molar refractivity (Wildman–Crippen MR) is 75.5 cm³/mol. The minimum Gasteiger partial charge on any atom is -0.348 e. The van der Waals surface area contributed by atoms with Crippen LogP contribution in [0.15, 0.2) is 30.6 Å². The Hall–Kier alpha value is -1.52. The van der Waals surface area contributed by atoms with E-state index in [-0.39, 0.29) is 5.91 Å². The van der Waals surface area contributed by atoms with Crippen molar-refractivity contribution in [1.82, 2.24) is 15.1 Å². The summed E-state index contributed by atoms with van der Waals surface area (Å²) in [5.74, 6) is -0.161. The van der Waals surface area contributed by atoms with Gasteiger partial charge in [0.15, 0.2) is 0 Å². The number of aromatic nitrogens is 2. The van der Waals surface area contributed by atoms with Gasteiger partial charge in [-0.25, -0.2) is 0 Å². The summed E-state index contributed by atoms with van der Waals surface area (Å²) in [5, 5.41) is 7.84. The Balaban J connectivity index is 1.98. The van der Waals surface area contributed by atoms with Crippen LogP contribution in [0.3, 0.4) is 0 Å². The number of halogens is 2. The fraction of sp³-hybridized carbons (Fsp3) is 0.231. The van der Waals surface area contributed by atoms with Crippen molar-refractivity contribution in [2.75, 3.05) is 0 Å². The van der Waals surface area contributed by atoms with Crippen molar-refractivity contribution in [3.05, 3.63) is 51.8 Å². The first-order valence-electron chi connectivity index (χ1n) is 5.84. The van der Waals surface area contributed by atoms with Crippen molar-refractivity contribution in [3.8, 4) is 0 Å². The van der Waals surface area contributed by atoms with Crippen LogP contribution >= 0.6 is 23.2 Å². The molecule has 0 saturated carbocycles. The van der Waals surface area contributed by atoms with Crippen molar-refractivity contribution in [2.24, 2.45) is 0 Å². The van der Waals surface area contributed by atoms with Crippen molar-refractivity contribution >= 4 is 29.1 Å². The lowest BCUT2D eigenvalue weighted by Crippen LogP contribution is -2.22. The average molecular weight is 298 g/mol. The van der Waals surface area contributed by atoms with Crippen molar-refractivity contribution in [3.63, 3.8) is 0 Å². The van der Waals surface area contributed by atoms with Crippen molar-refractivity contribution in [2.45, 2.75) is 20.0 Å². The van der Waals surface area contributed by atoms with Gasteiger partial charge in [-0.1, -0.05) is 29.3 Å². The van der Waals surface area contributed by atoms with Gasteiger partial charge in [-0.2, -0.15) is 5.10 Å². The molecule has 1 amide bonds. The largest absolute Gasteiger partial charge is 0.348 e. The van der Waals surface area contributed by atoms with Crippen LogP contribution in [0, 0.1) is 0 Å². The van der Waals surface area contributed by atoms with E-state index >= 15 is 0 Å². The summed E-state index contributed by atoms with van der Waals surface area (Å²) in [5.41, 5.74) is 1.44. The fourth-order valence-electron chi connectivity index (χ4n) is 1.59. The Labute approximate surface area is 121 Å². The standard InChI is InChI=1S/C13H13Cl2N3O/c1-2-18-8-10(7-17-18)13(19)16-6-9-3-4-11(14)12(15)5-9/h3-5,7-8H,2,6H2,1H3,(H,16,19). The Morgan fingerprint density at radius 1 is 1.37 bits per heavy atom. The summed E-state index contributed by atoms with van der Waals surface area (Å²) in [4.78, 5) is 11.9. The third-order valence-electron chi connectivity index (χ3n) is 2.66. The maximum atomic E-state index is 11.9. The average Bonchev–Trinajstić information content (AvgIpc) is 2.88. The lowest BCUT2D eigenvalue weighted by molar-refractivity contribution is 0.0951. The molecule has 1 heterocycles. The van der Waals surface area contributed by atoms with Crippen molar-refractivity contribution in [1.29, 1.82) is 0 Å². The Kier molecular flexibility index (Phi) is 4.45. The fourth-order valence-corrected chi connectivity index (χ4v) is 1.91. The van der Waals surface area contributed by atoms with Crippen LogP contribution in [0.1, 0.15) is 22.8 Å². The molecular weight excluding hydrogens is 285 g/mol. The van der Waals surface area contributed by atoms with Crippen LogP contribution in [0.2, 0.25) is 10.0 Å². The molecule has 0 bridgehead atoms. The molecule has 0 radical (unpaired) electrons. The molecule has 19 heavy (non-hydrogen) atoms. The summed E-state index contributed by atoms with van der Waals surface area (Å²) in [7, 11) is 0. The van der Waals surface area contributed by atoms with Crippen molar-refractivity contribution < 1.29 is 4.79 Å². The van der Waals surface area contributed by atoms with Gasteiger partial charge in [-0.05, 0) is 24.6 Å². The predicted octanol–water partition coefficient (Wildman–Crippen LogP) is 3.14. The molecule has 0 aliphatic rings. The topological polar surface area (TPSA) is 46.9 Å². The molecule has 0 saturated heterocycles. The minimum atomic E-state index is -0.161. The van der Waals surface area contributed by atoms with Crippen LogP contribution in [0.25, 0.3) is 0 Å². The van der Waals surface area contributed by atoms with E-state index in [0.29, 0.717) is 22.2 Å². The first kappa shape index (κ1) is 13.9. The Bertz CT molecular complexity index is 595. The molecule has 100 valence electrons. The van der Waals surface area contributed by atoms with Gasteiger partial charge in [0, 0.05) is 19.3 Å².